The van der Waals surface area contributed by atoms with Gasteiger partial charge in [-0.3, -0.25) is 9.69 Å². The van der Waals surface area contributed by atoms with Gasteiger partial charge in [0.2, 0.25) is 5.91 Å². The number of hydrogen-bond donors (Lipinski definition) is 1. The summed E-state index contributed by atoms with van der Waals surface area (Å²) >= 11 is 0. The zero-order chi connectivity index (χ0) is 20.9. The Labute approximate surface area is 175 Å². The summed E-state index contributed by atoms with van der Waals surface area (Å²) in [7, 11) is 6.25. The Morgan fingerprint density at radius 1 is 1.03 bits per heavy atom. The van der Waals surface area contributed by atoms with Crippen molar-refractivity contribution in [1.29, 1.82) is 0 Å². The van der Waals surface area contributed by atoms with Crippen LogP contribution in [0.1, 0.15) is 30.9 Å². The SMILES string of the molecule is CNCC(C)(Cc1ccccc1)C(=O)N1CCC(c2ccccc2)(N(C)C)CC1. The lowest BCUT2D eigenvalue weighted by molar-refractivity contribution is -0.143. The van der Waals surface area contributed by atoms with Crippen molar-refractivity contribution in [2.24, 2.45) is 5.41 Å². The van der Waals surface area contributed by atoms with Crippen LogP contribution in [0.2, 0.25) is 0 Å². The van der Waals surface area contributed by atoms with Gasteiger partial charge < -0.3 is 10.2 Å². The molecule has 0 saturated carbocycles. The van der Waals surface area contributed by atoms with Gasteiger partial charge in [0, 0.05) is 25.2 Å². The summed E-state index contributed by atoms with van der Waals surface area (Å²) in [5.41, 5.74) is 2.11. The number of nitrogens with zero attached hydrogens (tertiary/aromatic N) is 2. The smallest absolute Gasteiger partial charge is 0.230 e. The molecular weight excluding hydrogens is 358 g/mol. The Balaban J connectivity index is 1.76. The van der Waals surface area contributed by atoms with Crippen molar-refractivity contribution in [1.82, 2.24) is 15.1 Å². The third-order valence-corrected chi connectivity index (χ3v) is 6.57. The number of carbonyl (C=O) groups excluding carboxylic acids is 1. The minimum Gasteiger partial charge on any atom is -0.342 e. The molecule has 1 aliphatic rings. The predicted octanol–water partition coefficient (Wildman–Crippen LogP) is 3.53. The first-order valence-corrected chi connectivity index (χ1v) is 10.6. The Morgan fingerprint density at radius 2 is 1.59 bits per heavy atom. The molecule has 1 amide bonds. The van der Waals surface area contributed by atoms with Crippen LogP contribution in [0.5, 0.6) is 0 Å². The molecule has 4 nitrogen and oxygen atoms in total. The van der Waals surface area contributed by atoms with Gasteiger partial charge in [-0.05, 0) is 58.5 Å². The Morgan fingerprint density at radius 3 is 2.10 bits per heavy atom. The number of carbonyl (C=O) groups is 1. The van der Waals surface area contributed by atoms with E-state index in [0.717, 1.165) is 32.4 Å². The second kappa shape index (κ2) is 9.10. The third kappa shape index (κ3) is 4.54. The standard InChI is InChI=1S/C25H35N3O/c1-24(20-26-2,19-21-11-7-5-8-12-21)23(29)28-17-15-25(16-18-28,27(3)4)22-13-9-6-10-14-22/h5-14,26H,15-20H2,1-4H3. The number of benzene rings is 2. The number of rotatable bonds is 7. The predicted molar refractivity (Wildman–Crippen MR) is 120 cm³/mol. The summed E-state index contributed by atoms with van der Waals surface area (Å²) < 4.78 is 0. The molecular formula is C25H35N3O. The molecule has 2 aromatic rings. The van der Waals surface area contributed by atoms with Crippen LogP contribution >= 0.6 is 0 Å². The highest BCUT2D eigenvalue weighted by Gasteiger charge is 2.43. The molecule has 0 spiro atoms. The average Bonchev–Trinajstić information content (AvgIpc) is 2.74. The molecule has 0 bridgehead atoms. The fraction of sp³-hybridized carbons (Fsp3) is 0.480. The maximum atomic E-state index is 13.6. The second-order valence-electron chi connectivity index (χ2n) is 8.84. The highest BCUT2D eigenvalue weighted by Crippen LogP contribution is 2.38. The summed E-state index contributed by atoms with van der Waals surface area (Å²) in [6, 6.07) is 21.1. The van der Waals surface area contributed by atoms with Crippen LogP contribution in [0.25, 0.3) is 0 Å². The fourth-order valence-corrected chi connectivity index (χ4v) is 4.85. The van der Waals surface area contributed by atoms with Gasteiger partial charge in [0.15, 0.2) is 0 Å². The van der Waals surface area contributed by atoms with Gasteiger partial charge in [-0.1, -0.05) is 60.7 Å². The van der Waals surface area contributed by atoms with E-state index in [1.807, 2.05) is 25.2 Å². The summed E-state index contributed by atoms with van der Waals surface area (Å²) in [6.07, 6.45) is 2.66. The summed E-state index contributed by atoms with van der Waals surface area (Å²) in [5, 5.41) is 3.25. The van der Waals surface area contributed by atoms with Crippen molar-refractivity contribution in [3.8, 4) is 0 Å². The van der Waals surface area contributed by atoms with Gasteiger partial charge >= 0.3 is 0 Å². The Hall–Kier alpha value is -2.17. The van der Waals surface area contributed by atoms with E-state index < -0.39 is 5.41 Å². The lowest BCUT2D eigenvalue weighted by Gasteiger charge is -2.48. The van der Waals surface area contributed by atoms with Crippen molar-refractivity contribution in [2.45, 2.75) is 31.7 Å². The molecule has 1 unspecified atom stereocenters. The molecule has 1 heterocycles. The van der Waals surface area contributed by atoms with Crippen molar-refractivity contribution in [3.05, 3.63) is 71.8 Å². The zero-order valence-electron chi connectivity index (χ0n) is 18.3. The van der Waals surface area contributed by atoms with Gasteiger partial charge in [0.25, 0.3) is 0 Å². The van der Waals surface area contributed by atoms with Crippen LogP contribution in [0.15, 0.2) is 60.7 Å². The molecule has 1 aliphatic heterocycles. The fourth-order valence-electron chi connectivity index (χ4n) is 4.85. The van der Waals surface area contributed by atoms with Crippen LogP contribution in [0.3, 0.4) is 0 Å². The third-order valence-electron chi connectivity index (χ3n) is 6.57. The molecule has 29 heavy (non-hydrogen) atoms. The molecule has 0 radical (unpaired) electrons. The first-order chi connectivity index (χ1) is 13.9. The first kappa shape index (κ1) is 21.5. The number of nitrogens with one attached hydrogen (secondary N) is 1. The molecule has 1 fully saturated rings. The van der Waals surface area contributed by atoms with Gasteiger partial charge in [-0.2, -0.15) is 0 Å². The monoisotopic (exact) mass is 393 g/mol. The summed E-state index contributed by atoms with van der Waals surface area (Å²) in [6.45, 7) is 4.36. The normalized spacial score (nSPS) is 18.4. The molecule has 1 N–H and O–H groups in total. The second-order valence-corrected chi connectivity index (χ2v) is 8.84. The molecule has 4 heteroatoms. The van der Waals surface area contributed by atoms with E-state index in [9.17, 15) is 4.79 Å². The largest absolute Gasteiger partial charge is 0.342 e. The maximum absolute atomic E-state index is 13.6. The number of hydrogen-bond acceptors (Lipinski definition) is 3. The van der Waals surface area contributed by atoms with E-state index in [4.69, 9.17) is 0 Å². The average molecular weight is 394 g/mol. The quantitative estimate of drug-likeness (QED) is 0.782. The van der Waals surface area contributed by atoms with E-state index in [1.165, 1.54) is 11.1 Å². The molecule has 0 aliphatic carbocycles. The van der Waals surface area contributed by atoms with Crippen molar-refractivity contribution >= 4 is 5.91 Å². The number of piperidine rings is 1. The number of amides is 1. The van der Waals surface area contributed by atoms with Gasteiger partial charge in [0.05, 0.1) is 5.41 Å². The van der Waals surface area contributed by atoms with Crippen LogP contribution in [0, 0.1) is 5.41 Å². The first-order valence-electron chi connectivity index (χ1n) is 10.6. The summed E-state index contributed by atoms with van der Waals surface area (Å²) in [4.78, 5) is 18.0. The molecule has 3 rings (SSSR count). The van der Waals surface area contributed by atoms with E-state index in [2.05, 4.69) is 78.6 Å². The molecule has 156 valence electrons. The van der Waals surface area contributed by atoms with Crippen LogP contribution in [0.4, 0.5) is 0 Å². The maximum Gasteiger partial charge on any atom is 0.230 e. The highest BCUT2D eigenvalue weighted by atomic mass is 16.2. The van der Waals surface area contributed by atoms with E-state index in [1.54, 1.807) is 0 Å². The van der Waals surface area contributed by atoms with E-state index in [-0.39, 0.29) is 11.4 Å². The van der Waals surface area contributed by atoms with Gasteiger partial charge in [-0.15, -0.1) is 0 Å². The van der Waals surface area contributed by atoms with Crippen molar-refractivity contribution in [2.75, 3.05) is 40.8 Å². The Bertz CT molecular complexity index is 782. The Kier molecular flexibility index (Phi) is 6.76. The molecule has 2 aromatic carbocycles. The van der Waals surface area contributed by atoms with E-state index in [0.29, 0.717) is 6.54 Å². The van der Waals surface area contributed by atoms with Crippen molar-refractivity contribution in [3.63, 3.8) is 0 Å². The van der Waals surface area contributed by atoms with E-state index >= 15 is 0 Å². The lowest BCUT2D eigenvalue weighted by Crippen LogP contribution is -2.55. The van der Waals surface area contributed by atoms with Crippen LogP contribution in [-0.4, -0.2) is 56.5 Å². The van der Waals surface area contributed by atoms with Gasteiger partial charge in [-0.25, -0.2) is 0 Å². The molecule has 1 atom stereocenters. The topological polar surface area (TPSA) is 35.6 Å². The van der Waals surface area contributed by atoms with Gasteiger partial charge in [0.1, 0.15) is 0 Å². The molecule has 0 aromatic heterocycles. The minimum absolute atomic E-state index is 0.00310. The van der Waals surface area contributed by atoms with Crippen LogP contribution in [-0.2, 0) is 16.8 Å². The molecule has 1 saturated heterocycles. The highest BCUT2D eigenvalue weighted by molar-refractivity contribution is 5.83. The zero-order valence-corrected chi connectivity index (χ0v) is 18.3. The lowest BCUT2D eigenvalue weighted by atomic mass is 9.77. The number of likely N-dealkylation sites (tertiary alicyclic amines) is 1. The minimum atomic E-state index is -0.443. The van der Waals surface area contributed by atoms with Crippen molar-refractivity contribution < 1.29 is 4.79 Å². The summed E-state index contributed by atoms with van der Waals surface area (Å²) in [5.74, 6) is 0.260. The van der Waals surface area contributed by atoms with Crippen LogP contribution < -0.4 is 5.32 Å².